The van der Waals surface area contributed by atoms with Crippen molar-refractivity contribution in [2.24, 2.45) is 11.8 Å². The van der Waals surface area contributed by atoms with Gasteiger partial charge < -0.3 is 5.32 Å². The van der Waals surface area contributed by atoms with Crippen molar-refractivity contribution in [1.29, 1.82) is 0 Å². The van der Waals surface area contributed by atoms with Gasteiger partial charge in [-0.25, -0.2) is 4.68 Å². The minimum absolute atomic E-state index is 0.120. The van der Waals surface area contributed by atoms with Gasteiger partial charge in [0.1, 0.15) is 5.69 Å². The lowest BCUT2D eigenvalue weighted by Gasteiger charge is -2.26. The van der Waals surface area contributed by atoms with Crippen molar-refractivity contribution in [3.8, 4) is 0 Å². The van der Waals surface area contributed by atoms with E-state index >= 15 is 0 Å². The highest BCUT2D eigenvalue weighted by Gasteiger charge is 2.25. The summed E-state index contributed by atoms with van der Waals surface area (Å²) in [6.07, 6.45) is 6.29. The number of rotatable bonds is 6. The number of aromatic nitrogens is 2. The molecule has 0 aliphatic heterocycles. The molecule has 0 atom stereocenters. The van der Waals surface area contributed by atoms with Gasteiger partial charge in [0, 0.05) is 13.1 Å². The number of nitro groups is 1. The van der Waals surface area contributed by atoms with Gasteiger partial charge in [0.15, 0.2) is 0 Å². The Kier molecular flexibility index (Phi) is 5.20. The van der Waals surface area contributed by atoms with Gasteiger partial charge in [-0.2, -0.15) is 5.10 Å². The van der Waals surface area contributed by atoms with Crippen LogP contribution in [0.15, 0.2) is 0 Å². The molecule has 0 bridgehead atoms. The van der Waals surface area contributed by atoms with Gasteiger partial charge >= 0.3 is 5.69 Å². The molecule has 1 aromatic rings. The molecule has 1 saturated carbocycles. The molecule has 6 heteroatoms. The van der Waals surface area contributed by atoms with E-state index in [0.29, 0.717) is 18.1 Å². The molecule has 1 fully saturated rings. The first-order valence-corrected chi connectivity index (χ1v) is 7.98. The first-order valence-electron chi connectivity index (χ1n) is 7.98. The summed E-state index contributed by atoms with van der Waals surface area (Å²) >= 11 is 0. The SMILES string of the molecule is CCn1nc(C)c([N+](=O)[O-])c1NCCC1CCC(C)CC1. The fraction of sp³-hybridized carbons (Fsp3) is 0.800. The average molecular weight is 294 g/mol. The van der Waals surface area contributed by atoms with Crippen LogP contribution in [0.25, 0.3) is 0 Å². The van der Waals surface area contributed by atoms with Gasteiger partial charge in [-0.05, 0) is 32.1 Å². The summed E-state index contributed by atoms with van der Waals surface area (Å²) < 4.78 is 1.69. The Morgan fingerprint density at radius 3 is 2.62 bits per heavy atom. The lowest BCUT2D eigenvalue weighted by Crippen LogP contribution is -2.17. The number of aryl methyl sites for hydroxylation is 2. The fourth-order valence-corrected chi connectivity index (χ4v) is 3.21. The lowest BCUT2D eigenvalue weighted by atomic mass is 9.81. The third-order valence-corrected chi connectivity index (χ3v) is 4.56. The summed E-state index contributed by atoms with van der Waals surface area (Å²) in [6.45, 7) is 7.38. The van der Waals surface area contributed by atoms with Gasteiger partial charge in [-0.3, -0.25) is 10.1 Å². The van der Waals surface area contributed by atoms with Crippen LogP contribution in [0.3, 0.4) is 0 Å². The van der Waals surface area contributed by atoms with Crippen LogP contribution < -0.4 is 5.32 Å². The van der Waals surface area contributed by atoms with E-state index in [-0.39, 0.29) is 10.6 Å². The van der Waals surface area contributed by atoms with Crippen LogP contribution in [0.5, 0.6) is 0 Å². The standard InChI is InChI=1S/C15H26N4O2/c1-4-18-15(14(19(20)21)12(3)17-18)16-10-9-13-7-5-11(2)6-8-13/h11,13,16H,4-10H2,1-3H3. The maximum absolute atomic E-state index is 11.2. The molecule has 0 saturated heterocycles. The molecule has 21 heavy (non-hydrogen) atoms. The number of anilines is 1. The third-order valence-electron chi connectivity index (χ3n) is 4.56. The van der Waals surface area contributed by atoms with Gasteiger partial charge in [-0.15, -0.1) is 0 Å². The molecule has 1 N–H and O–H groups in total. The van der Waals surface area contributed by atoms with Crippen molar-refractivity contribution in [3.63, 3.8) is 0 Å². The maximum atomic E-state index is 11.2. The Bertz CT molecular complexity index is 490. The monoisotopic (exact) mass is 294 g/mol. The highest BCUT2D eigenvalue weighted by Crippen LogP contribution is 2.31. The normalized spacial score (nSPS) is 22.2. The highest BCUT2D eigenvalue weighted by molar-refractivity contribution is 5.59. The third kappa shape index (κ3) is 3.74. The van der Waals surface area contributed by atoms with Crippen molar-refractivity contribution in [2.45, 2.75) is 59.4 Å². The molecule has 1 heterocycles. The molecule has 0 unspecified atom stereocenters. The summed E-state index contributed by atoms with van der Waals surface area (Å²) in [4.78, 5) is 10.9. The predicted molar refractivity (Wildman–Crippen MR) is 83.5 cm³/mol. The average Bonchev–Trinajstić information content (AvgIpc) is 2.77. The Labute approximate surface area is 126 Å². The van der Waals surface area contributed by atoms with Gasteiger partial charge in [0.05, 0.1) is 4.92 Å². The van der Waals surface area contributed by atoms with E-state index < -0.39 is 0 Å². The van der Waals surface area contributed by atoms with Crippen LogP contribution in [0.1, 0.15) is 51.6 Å². The van der Waals surface area contributed by atoms with Crippen LogP contribution in [0, 0.1) is 28.9 Å². The largest absolute Gasteiger partial charge is 0.365 e. The Hall–Kier alpha value is -1.59. The summed E-state index contributed by atoms with van der Waals surface area (Å²) in [6, 6.07) is 0. The summed E-state index contributed by atoms with van der Waals surface area (Å²) in [5.41, 5.74) is 0.602. The molecule has 1 aliphatic carbocycles. The summed E-state index contributed by atoms with van der Waals surface area (Å²) in [5, 5.41) is 18.7. The summed E-state index contributed by atoms with van der Waals surface area (Å²) in [5.74, 6) is 2.18. The van der Waals surface area contributed by atoms with Crippen molar-refractivity contribution >= 4 is 11.5 Å². The zero-order valence-electron chi connectivity index (χ0n) is 13.3. The fourth-order valence-electron chi connectivity index (χ4n) is 3.21. The smallest absolute Gasteiger partial charge is 0.333 e. The van der Waals surface area contributed by atoms with Crippen molar-refractivity contribution in [2.75, 3.05) is 11.9 Å². The van der Waals surface area contributed by atoms with E-state index in [0.717, 1.165) is 24.8 Å². The highest BCUT2D eigenvalue weighted by atomic mass is 16.6. The predicted octanol–water partition coefficient (Wildman–Crippen LogP) is 3.75. The molecule has 0 radical (unpaired) electrons. The molecule has 6 nitrogen and oxygen atoms in total. The Morgan fingerprint density at radius 1 is 1.38 bits per heavy atom. The van der Waals surface area contributed by atoms with Gasteiger partial charge in [0.2, 0.25) is 5.82 Å². The van der Waals surface area contributed by atoms with Crippen molar-refractivity contribution in [3.05, 3.63) is 15.8 Å². The Balaban J connectivity index is 1.95. The molecule has 118 valence electrons. The van der Waals surface area contributed by atoms with Gasteiger partial charge in [0.25, 0.3) is 0 Å². The van der Waals surface area contributed by atoms with E-state index in [1.54, 1.807) is 11.6 Å². The second-order valence-corrected chi connectivity index (χ2v) is 6.20. The van der Waals surface area contributed by atoms with Crippen LogP contribution in [0.4, 0.5) is 11.5 Å². The van der Waals surface area contributed by atoms with Crippen LogP contribution in [-0.4, -0.2) is 21.2 Å². The molecule has 1 aromatic heterocycles. The molecular weight excluding hydrogens is 268 g/mol. The summed E-state index contributed by atoms with van der Waals surface area (Å²) in [7, 11) is 0. The Morgan fingerprint density at radius 2 is 2.05 bits per heavy atom. The number of nitrogens with zero attached hydrogens (tertiary/aromatic N) is 3. The number of hydrogen-bond donors (Lipinski definition) is 1. The van der Waals surface area contributed by atoms with E-state index in [4.69, 9.17) is 0 Å². The lowest BCUT2D eigenvalue weighted by molar-refractivity contribution is -0.384. The van der Waals surface area contributed by atoms with E-state index in [1.807, 2.05) is 6.92 Å². The maximum Gasteiger partial charge on any atom is 0.333 e. The number of hydrogen-bond acceptors (Lipinski definition) is 4. The minimum atomic E-state index is -0.334. The van der Waals surface area contributed by atoms with Crippen LogP contribution >= 0.6 is 0 Å². The zero-order valence-corrected chi connectivity index (χ0v) is 13.3. The minimum Gasteiger partial charge on any atom is -0.365 e. The molecule has 0 amide bonds. The van der Waals surface area contributed by atoms with Crippen molar-refractivity contribution in [1.82, 2.24) is 9.78 Å². The van der Waals surface area contributed by atoms with Gasteiger partial charge in [-0.1, -0.05) is 32.6 Å². The molecule has 0 aromatic carbocycles. The molecular formula is C15H26N4O2. The quantitative estimate of drug-likeness (QED) is 0.640. The first-order chi connectivity index (χ1) is 10.0. The topological polar surface area (TPSA) is 73.0 Å². The van der Waals surface area contributed by atoms with E-state index in [1.165, 1.54) is 25.7 Å². The van der Waals surface area contributed by atoms with Crippen LogP contribution in [0.2, 0.25) is 0 Å². The molecule has 2 rings (SSSR count). The van der Waals surface area contributed by atoms with E-state index in [9.17, 15) is 10.1 Å². The molecule has 0 spiro atoms. The second-order valence-electron chi connectivity index (χ2n) is 6.20. The first kappa shape index (κ1) is 15.8. The van der Waals surface area contributed by atoms with Crippen molar-refractivity contribution < 1.29 is 4.92 Å². The molecule has 1 aliphatic rings. The second kappa shape index (κ2) is 6.91. The van der Waals surface area contributed by atoms with E-state index in [2.05, 4.69) is 17.3 Å². The number of nitrogens with one attached hydrogen (secondary N) is 1. The van der Waals surface area contributed by atoms with Crippen LogP contribution in [-0.2, 0) is 6.54 Å². The zero-order chi connectivity index (χ0) is 15.4.